The Kier molecular flexibility index (Phi) is 3.24. The SMILES string of the molecule is OCc1ccnc(Nc2cccc(F)c2F)n1. The molecule has 4 nitrogen and oxygen atoms in total. The third-order valence-corrected chi connectivity index (χ3v) is 2.07. The van der Waals surface area contributed by atoms with Crippen molar-refractivity contribution in [2.45, 2.75) is 6.61 Å². The predicted molar refractivity (Wildman–Crippen MR) is 57.6 cm³/mol. The van der Waals surface area contributed by atoms with Crippen molar-refractivity contribution in [3.05, 3.63) is 47.8 Å². The van der Waals surface area contributed by atoms with E-state index in [4.69, 9.17) is 5.11 Å². The molecule has 0 aliphatic heterocycles. The normalized spacial score (nSPS) is 10.3. The smallest absolute Gasteiger partial charge is 0.227 e. The Morgan fingerprint density at radius 2 is 2.06 bits per heavy atom. The van der Waals surface area contributed by atoms with Crippen molar-refractivity contribution >= 4 is 11.6 Å². The van der Waals surface area contributed by atoms with E-state index < -0.39 is 11.6 Å². The number of aliphatic hydroxyl groups excluding tert-OH is 1. The summed E-state index contributed by atoms with van der Waals surface area (Å²) in [5, 5.41) is 11.4. The molecule has 0 spiro atoms. The summed E-state index contributed by atoms with van der Waals surface area (Å²) in [5.41, 5.74) is 0.333. The van der Waals surface area contributed by atoms with Crippen LogP contribution in [0, 0.1) is 11.6 Å². The summed E-state index contributed by atoms with van der Waals surface area (Å²) < 4.78 is 26.3. The van der Waals surface area contributed by atoms with Crippen LogP contribution in [0.2, 0.25) is 0 Å². The summed E-state index contributed by atoms with van der Waals surface area (Å²) >= 11 is 0. The van der Waals surface area contributed by atoms with Gasteiger partial charge in [0, 0.05) is 6.20 Å². The van der Waals surface area contributed by atoms with E-state index in [2.05, 4.69) is 15.3 Å². The third-order valence-electron chi connectivity index (χ3n) is 2.07. The number of hydrogen-bond acceptors (Lipinski definition) is 4. The summed E-state index contributed by atoms with van der Waals surface area (Å²) in [6.07, 6.45) is 1.41. The molecule has 2 N–H and O–H groups in total. The average molecular weight is 237 g/mol. The monoisotopic (exact) mass is 237 g/mol. The van der Waals surface area contributed by atoms with E-state index in [1.54, 1.807) is 0 Å². The largest absolute Gasteiger partial charge is 0.390 e. The number of aliphatic hydroxyl groups is 1. The van der Waals surface area contributed by atoms with Gasteiger partial charge < -0.3 is 10.4 Å². The molecule has 17 heavy (non-hydrogen) atoms. The molecule has 1 aromatic heterocycles. The first-order valence-electron chi connectivity index (χ1n) is 4.84. The van der Waals surface area contributed by atoms with Crippen molar-refractivity contribution in [2.75, 3.05) is 5.32 Å². The second-order valence-corrected chi connectivity index (χ2v) is 3.26. The van der Waals surface area contributed by atoms with Crippen molar-refractivity contribution in [3.63, 3.8) is 0 Å². The van der Waals surface area contributed by atoms with Crippen LogP contribution in [0.15, 0.2) is 30.5 Å². The maximum absolute atomic E-state index is 13.3. The highest BCUT2D eigenvalue weighted by atomic mass is 19.2. The van der Waals surface area contributed by atoms with E-state index >= 15 is 0 Å². The standard InChI is InChI=1S/C11H9F2N3O/c12-8-2-1-3-9(10(8)13)16-11-14-5-4-7(6-17)15-11/h1-5,17H,6H2,(H,14,15,16). The molecule has 1 heterocycles. The molecular weight excluding hydrogens is 228 g/mol. The van der Waals surface area contributed by atoms with Crippen LogP contribution in [0.5, 0.6) is 0 Å². The molecular formula is C11H9F2N3O. The van der Waals surface area contributed by atoms with Gasteiger partial charge in [-0.15, -0.1) is 0 Å². The van der Waals surface area contributed by atoms with Crippen LogP contribution in [-0.4, -0.2) is 15.1 Å². The van der Waals surface area contributed by atoms with Gasteiger partial charge in [0.25, 0.3) is 0 Å². The first-order chi connectivity index (χ1) is 8.20. The molecule has 0 fully saturated rings. The Balaban J connectivity index is 2.28. The van der Waals surface area contributed by atoms with Crippen molar-refractivity contribution in [3.8, 4) is 0 Å². The highest BCUT2D eigenvalue weighted by molar-refractivity contribution is 5.54. The molecule has 0 aliphatic rings. The molecule has 0 saturated heterocycles. The molecule has 0 aliphatic carbocycles. The van der Waals surface area contributed by atoms with E-state index in [0.717, 1.165) is 6.07 Å². The van der Waals surface area contributed by atoms with Crippen LogP contribution in [0.3, 0.4) is 0 Å². The van der Waals surface area contributed by atoms with Gasteiger partial charge in [-0.1, -0.05) is 6.07 Å². The third kappa shape index (κ3) is 2.54. The van der Waals surface area contributed by atoms with Crippen molar-refractivity contribution < 1.29 is 13.9 Å². The quantitative estimate of drug-likeness (QED) is 0.857. The summed E-state index contributed by atoms with van der Waals surface area (Å²) in [5.74, 6) is -1.85. The maximum Gasteiger partial charge on any atom is 0.227 e. The van der Waals surface area contributed by atoms with Crippen LogP contribution in [0.1, 0.15) is 5.69 Å². The van der Waals surface area contributed by atoms with E-state index in [-0.39, 0.29) is 18.2 Å². The van der Waals surface area contributed by atoms with Gasteiger partial charge in [0.15, 0.2) is 11.6 Å². The first-order valence-corrected chi connectivity index (χ1v) is 4.84. The number of halogens is 2. The summed E-state index contributed by atoms with van der Waals surface area (Å²) in [6.45, 7) is -0.247. The number of hydrogen-bond donors (Lipinski definition) is 2. The zero-order valence-electron chi connectivity index (χ0n) is 8.69. The number of benzene rings is 1. The van der Waals surface area contributed by atoms with Gasteiger partial charge in [-0.2, -0.15) is 0 Å². The number of aromatic nitrogens is 2. The topological polar surface area (TPSA) is 58.0 Å². The van der Waals surface area contributed by atoms with Crippen LogP contribution in [0.4, 0.5) is 20.4 Å². The van der Waals surface area contributed by atoms with Crippen LogP contribution in [-0.2, 0) is 6.61 Å². The van der Waals surface area contributed by atoms with Gasteiger partial charge in [0.2, 0.25) is 5.95 Å². The highest BCUT2D eigenvalue weighted by Gasteiger charge is 2.08. The predicted octanol–water partition coefficient (Wildman–Crippen LogP) is 1.99. The molecule has 2 aromatic rings. The zero-order chi connectivity index (χ0) is 12.3. The molecule has 88 valence electrons. The van der Waals surface area contributed by atoms with Gasteiger partial charge in [-0.25, -0.2) is 18.7 Å². The van der Waals surface area contributed by atoms with Crippen LogP contribution in [0.25, 0.3) is 0 Å². The van der Waals surface area contributed by atoms with Crippen molar-refractivity contribution in [1.82, 2.24) is 9.97 Å². The number of nitrogens with zero attached hydrogens (tertiary/aromatic N) is 2. The van der Waals surface area contributed by atoms with E-state index in [1.807, 2.05) is 0 Å². The van der Waals surface area contributed by atoms with Gasteiger partial charge in [-0.05, 0) is 18.2 Å². The van der Waals surface area contributed by atoms with Gasteiger partial charge in [0.05, 0.1) is 18.0 Å². The Hall–Kier alpha value is -2.08. The number of nitrogens with one attached hydrogen (secondary N) is 1. The Morgan fingerprint density at radius 3 is 2.82 bits per heavy atom. The molecule has 1 aromatic carbocycles. The van der Waals surface area contributed by atoms with Crippen LogP contribution < -0.4 is 5.32 Å². The van der Waals surface area contributed by atoms with E-state index in [1.165, 1.54) is 24.4 Å². The Morgan fingerprint density at radius 1 is 1.24 bits per heavy atom. The average Bonchev–Trinajstić information content (AvgIpc) is 2.35. The minimum absolute atomic E-state index is 0.0555. The van der Waals surface area contributed by atoms with Crippen molar-refractivity contribution in [2.24, 2.45) is 0 Å². The number of anilines is 2. The summed E-state index contributed by atoms with van der Waals surface area (Å²) in [7, 11) is 0. The lowest BCUT2D eigenvalue weighted by Crippen LogP contribution is -2.02. The fraction of sp³-hybridized carbons (Fsp3) is 0.0909. The fourth-order valence-corrected chi connectivity index (χ4v) is 1.27. The lowest BCUT2D eigenvalue weighted by atomic mass is 10.3. The highest BCUT2D eigenvalue weighted by Crippen LogP contribution is 2.19. The lowest BCUT2D eigenvalue weighted by molar-refractivity contribution is 0.277. The first kappa shape index (κ1) is 11.4. The van der Waals surface area contributed by atoms with Crippen LogP contribution >= 0.6 is 0 Å². The van der Waals surface area contributed by atoms with Crippen molar-refractivity contribution in [1.29, 1.82) is 0 Å². The fourth-order valence-electron chi connectivity index (χ4n) is 1.27. The molecule has 2 rings (SSSR count). The Bertz CT molecular complexity index is 534. The van der Waals surface area contributed by atoms with E-state index in [0.29, 0.717) is 5.69 Å². The second-order valence-electron chi connectivity index (χ2n) is 3.26. The maximum atomic E-state index is 13.3. The molecule has 0 amide bonds. The Labute approximate surface area is 96.0 Å². The van der Waals surface area contributed by atoms with E-state index in [9.17, 15) is 8.78 Å². The number of rotatable bonds is 3. The molecule has 0 bridgehead atoms. The zero-order valence-corrected chi connectivity index (χ0v) is 8.69. The second kappa shape index (κ2) is 4.84. The lowest BCUT2D eigenvalue weighted by Gasteiger charge is -2.06. The minimum atomic E-state index is -0.995. The van der Waals surface area contributed by atoms with Gasteiger partial charge in [0.1, 0.15) is 0 Å². The minimum Gasteiger partial charge on any atom is -0.390 e. The summed E-state index contributed by atoms with van der Waals surface area (Å²) in [4.78, 5) is 7.73. The summed E-state index contributed by atoms with van der Waals surface area (Å²) in [6, 6.07) is 5.28. The molecule has 0 radical (unpaired) electrons. The molecule has 0 unspecified atom stereocenters. The van der Waals surface area contributed by atoms with Gasteiger partial charge >= 0.3 is 0 Å². The molecule has 0 atom stereocenters. The van der Waals surface area contributed by atoms with Gasteiger partial charge in [-0.3, -0.25) is 0 Å². The molecule has 6 heteroatoms. The molecule has 0 saturated carbocycles.